The number of anilines is 1. The van der Waals surface area contributed by atoms with Gasteiger partial charge in [-0.3, -0.25) is 9.59 Å². The predicted octanol–water partition coefficient (Wildman–Crippen LogP) is 4.04. The molecule has 30 heavy (non-hydrogen) atoms. The van der Waals surface area contributed by atoms with Gasteiger partial charge in [0, 0.05) is 38.4 Å². The van der Waals surface area contributed by atoms with E-state index >= 15 is 0 Å². The number of methoxy groups -OCH3 is 2. The Morgan fingerprint density at radius 1 is 1.07 bits per heavy atom. The molecule has 2 aromatic rings. The van der Waals surface area contributed by atoms with Crippen molar-refractivity contribution in [3.63, 3.8) is 0 Å². The lowest BCUT2D eigenvalue weighted by molar-refractivity contribution is -0.144. The van der Waals surface area contributed by atoms with Crippen LogP contribution in [0, 0.1) is 5.92 Å². The maximum atomic E-state index is 12.9. The molecule has 1 aliphatic rings. The van der Waals surface area contributed by atoms with Crippen molar-refractivity contribution < 1.29 is 19.1 Å². The summed E-state index contributed by atoms with van der Waals surface area (Å²) in [5.74, 6) is 1.18. The van der Waals surface area contributed by atoms with E-state index in [-0.39, 0.29) is 11.8 Å². The van der Waals surface area contributed by atoms with Crippen molar-refractivity contribution in [2.24, 2.45) is 5.92 Å². The molecule has 1 heterocycles. The molecule has 0 aromatic heterocycles. The molecule has 0 spiro atoms. The predicted molar refractivity (Wildman–Crippen MR) is 116 cm³/mol. The maximum Gasteiger partial charge on any atom is 0.256 e. The summed E-state index contributed by atoms with van der Waals surface area (Å²) in [6.45, 7) is 1.40. The van der Waals surface area contributed by atoms with Crippen LogP contribution in [-0.4, -0.2) is 44.0 Å². The standard InChI is InChI=1S/C24H30N2O4/c1-29-21-10-6-9-20(17-21)25-22(27)12-11-18-13-15-26(16-14-18)24(28)23(30-2)19-7-4-3-5-8-19/h3-10,17-18,23H,11-16H2,1-2H3,(H,25,27). The molecule has 0 saturated carbocycles. The molecule has 6 nitrogen and oxygen atoms in total. The van der Waals surface area contributed by atoms with Gasteiger partial charge < -0.3 is 19.7 Å². The van der Waals surface area contributed by atoms with Crippen molar-refractivity contribution in [3.8, 4) is 5.75 Å². The number of hydrogen-bond acceptors (Lipinski definition) is 4. The Morgan fingerprint density at radius 3 is 2.47 bits per heavy atom. The van der Waals surface area contributed by atoms with E-state index in [1.807, 2.05) is 53.4 Å². The fraction of sp³-hybridized carbons (Fsp3) is 0.417. The number of carbonyl (C=O) groups excluding carboxylic acids is 2. The Hall–Kier alpha value is -2.86. The SMILES string of the molecule is COc1cccc(NC(=O)CCC2CCN(C(=O)C(OC)c3ccccc3)CC2)c1. The summed E-state index contributed by atoms with van der Waals surface area (Å²) in [5.41, 5.74) is 1.62. The molecule has 0 bridgehead atoms. The third kappa shape index (κ3) is 5.83. The summed E-state index contributed by atoms with van der Waals surface area (Å²) in [6, 6.07) is 16.9. The highest BCUT2D eigenvalue weighted by atomic mass is 16.5. The molecule has 1 unspecified atom stereocenters. The number of piperidine rings is 1. The van der Waals surface area contributed by atoms with Crippen molar-refractivity contribution in [1.82, 2.24) is 4.90 Å². The summed E-state index contributed by atoms with van der Waals surface area (Å²) in [6.07, 6.45) is 2.55. The Bertz CT molecular complexity index is 832. The average Bonchev–Trinajstić information content (AvgIpc) is 2.79. The smallest absolute Gasteiger partial charge is 0.256 e. The van der Waals surface area contributed by atoms with Crippen LogP contribution in [0.1, 0.15) is 37.4 Å². The highest BCUT2D eigenvalue weighted by molar-refractivity contribution is 5.90. The van der Waals surface area contributed by atoms with Crippen LogP contribution in [0.15, 0.2) is 54.6 Å². The number of carbonyl (C=O) groups is 2. The first-order valence-corrected chi connectivity index (χ1v) is 10.4. The normalized spacial score (nSPS) is 15.5. The van der Waals surface area contributed by atoms with Crippen molar-refractivity contribution in [2.75, 3.05) is 32.6 Å². The van der Waals surface area contributed by atoms with E-state index in [1.165, 1.54) is 0 Å². The molecule has 0 radical (unpaired) electrons. The monoisotopic (exact) mass is 410 g/mol. The summed E-state index contributed by atoms with van der Waals surface area (Å²) >= 11 is 0. The molecule has 2 aromatic carbocycles. The molecule has 1 atom stereocenters. The molecule has 1 fully saturated rings. The molecule has 1 N–H and O–H groups in total. The van der Waals surface area contributed by atoms with Gasteiger partial charge in [0.2, 0.25) is 5.91 Å². The molecule has 6 heteroatoms. The minimum atomic E-state index is -0.559. The van der Waals surface area contributed by atoms with Gasteiger partial charge >= 0.3 is 0 Å². The van der Waals surface area contributed by atoms with Gasteiger partial charge in [0.25, 0.3) is 5.91 Å². The molecule has 3 rings (SSSR count). The topological polar surface area (TPSA) is 67.9 Å². The molecule has 0 aliphatic carbocycles. The Balaban J connectivity index is 1.44. The van der Waals surface area contributed by atoms with E-state index in [0.29, 0.717) is 25.4 Å². The largest absolute Gasteiger partial charge is 0.497 e. The van der Waals surface area contributed by atoms with E-state index in [4.69, 9.17) is 9.47 Å². The fourth-order valence-electron chi connectivity index (χ4n) is 3.87. The summed E-state index contributed by atoms with van der Waals surface area (Å²) in [4.78, 5) is 27.0. The first-order valence-electron chi connectivity index (χ1n) is 10.4. The average molecular weight is 411 g/mol. The van der Waals surface area contributed by atoms with Crippen LogP contribution in [-0.2, 0) is 14.3 Å². The van der Waals surface area contributed by atoms with Gasteiger partial charge in [0.05, 0.1) is 7.11 Å². The molecular weight excluding hydrogens is 380 g/mol. The minimum absolute atomic E-state index is 0.00489. The molecular formula is C24H30N2O4. The Kier molecular flexibility index (Phi) is 7.85. The van der Waals surface area contributed by atoms with Gasteiger partial charge in [-0.1, -0.05) is 36.4 Å². The number of nitrogens with zero attached hydrogens (tertiary/aromatic N) is 1. The Morgan fingerprint density at radius 2 is 1.80 bits per heavy atom. The third-order valence-electron chi connectivity index (χ3n) is 5.62. The van der Waals surface area contributed by atoms with Crippen molar-refractivity contribution in [3.05, 3.63) is 60.2 Å². The zero-order valence-electron chi connectivity index (χ0n) is 17.7. The lowest BCUT2D eigenvalue weighted by atomic mass is 9.91. The van der Waals surface area contributed by atoms with Gasteiger partial charge in [0.1, 0.15) is 5.75 Å². The van der Waals surface area contributed by atoms with Crippen LogP contribution in [0.3, 0.4) is 0 Å². The first kappa shape index (κ1) is 21.8. The summed E-state index contributed by atoms with van der Waals surface area (Å²) in [7, 11) is 3.18. The zero-order valence-corrected chi connectivity index (χ0v) is 17.7. The van der Waals surface area contributed by atoms with Crippen LogP contribution < -0.4 is 10.1 Å². The minimum Gasteiger partial charge on any atom is -0.497 e. The van der Waals surface area contributed by atoms with Crippen LogP contribution in [0.4, 0.5) is 5.69 Å². The van der Waals surface area contributed by atoms with Crippen LogP contribution in [0.25, 0.3) is 0 Å². The van der Waals surface area contributed by atoms with Gasteiger partial charge in [-0.05, 0) is 42.9 Å². The maximum absolute atomic E-state index is 12.9. The number of likely N-dealkylation sites (tertiary alicyclic amines) is 1. The lowest BCUT2D eigenvalue weighted by Crippen LogP contribution is -2.41. The molecule has 1 saturated heterocycles. The van der Waals surface area contributed by atoms with Gasteiger partial charge in [0.15, 0.2) is 6.10 Å². The summed E-state index contributed by atoms with van der Waals surface area (Å²) < 4.78 is 10.7. The number of ether oxygens (including phenoxy) is 2. The highest BCUT2D eigenvalue weighted by Gasteiger charge is 2.29. The van der Waals surface area contributed by atoms with E-state index in [0.717, 1.165) is 36.3 Å². The quantitative estimate of drug-likeness (QED) is 0.713. The van der Waals surface area contributed by atoms with Crippen LogP contribution >= 0.6 is 0 Å². The van der Waals surface area contributed by atoms with E-state index in [1.54, 1.807) is 20.3 Å². The first-order chi connectivity index (χ1) is 14.6. The number of amides is 2. The van der Waals surface area contributed by atoms with Gasteiger partial charge in [-0.2, -0.15) is 0 Å². The molecule has 1 aliphatic heterocycles. The lowest BCUT2D eigenvalue weighted by Gasteiger charge is -2.34. The van der Waals surface area contributed by atoms with E-state index in [2.05, 4.69) is 5.32 Å². The second-order valence-corrected chi connectivity index (χ2v) is 7.61. The second-order valence-electron chi connectivity index (χ2n) is 7.61. The van der Waals surface area contributed by atoms with Gasteiger partial charge in [-0.25, -0.2) is 0 Å². The number of hydrogen-bond donors (Lipinski definition) is 1. The highest BCUT2D eigenvalue weighted by Crippen LogP contribution is 2.26. The van der Waals surface area contributed by atoms with E-state index in [9.17, 15) is 9.59 Å². The number of nitrogens with one attached hydrogen (secondary N) is 1. The zero-order chi connectivity index (χ0) is 21.3. The van der Waals surface area contributed by atoms with Crippen molar-refractivity contribution in [1.29, 1.82) is 0 Å². The second kappa shape index (κ2) is 10.8. The Labute approximate surface area is 178 Å². The molecule has 2 amide bonds. The fourth-order valence-corrected chi connectivity index (χ4v) is 3.87. The van der Waals surface area contributed by atoms with Crippen LogP contribution in [0.2, 0.25) is 0 Å². The number of rotatable bonds is 8. The third-order valence-corrected chi connectivity index (χ3v) is 5.62. The summed E-state index contributed by atoms with van der Waals surface area (Å²) in [5, 5.41) is 2.92. The molecule has 160 valence electrons. The van der Waals surface area contributed by atoms with Crippen molar-refractivity contribution in [2.45, 2.75) is 31.8 Å². The van der Waals surface area contributed by atoms with E-state index < -0.39 is 6.10 Å². The van der Waals surface area contributed by atoms with Gasteiger partial charge in [-0.15, -0.1) is 0 Å². The van der Waals surface area contributed by atoms with Crippen molar-refractivity contribution >= 4 is 17.5 Å². The van der Waals surface area contributed by atoms with Crippen LogP contribution in [0.5, 0.6) is 5.75 Å². The number of benzene rings is 2.